The Kier molecular flexibility index (Phi) is 81.2. The molecule has 5 N–H and O–H groups in total. The molecular formula is C41H93F4N9O11S. The number of likely N-dealkylation sites (tertiary alicyclic amines) is 4. The van der Waals surface area contributed by atoms with Gasteiger partial charge in [-0.1, -0.05) is 44.1 Å². The number of carbonyl (C=O) groups excluding carboxylic acids is 6. The van der Waals surface area contributed by atoms with Crippen molar-refractivity contribution in [3.63, 3.8) is 0 Å². The molecule has 6 amide bonds. The topological polar surface area (TPSA) is 235 Å². The third-order valence-corrected chi connectivity index (χ3v) is 7.31. The fraction of sp³-hybridized carbons (Fsp3) is 0.805. The van der Waals surface area contributed by atoms with Gasteiger partial charge in [-0.3, -0.25) is 33.0 Å². The van der Waals surface area contributed by atoms with Crippen LogP contribution in [0.1, 0.15) is 63.3 Å². The summed E-state index contributed by atoms with van der Waals surface area (Å²) >= 11 is -1.07. The van der Waals surface area contributed by atoms with Gasteiger partial charge in [0.1, 0.15) is 19.3 Å². The number of carbonyl (C=O) groups is 6. The number of hydrogen-bond donors (Lipinski definition) is 4. The van der Waals surface area contributed by atoms with E-state index in [2.05, 4.69) is 33.1 Å². The SMILES string of the molecule is C.C.C.C.C.C=C1NCCO1.CC1CN(C=O)C1.CN(C)C=O.CNCCOC.COCN.COS(C)=O.O=CN1CC(F)C1.O=CN1CCC1.O=CN1CCCC1.O=CNCC(F)(F)F. The zero-order chi connectivity index (χ0) is 47.9. The average molecular weight is 996 g/mol. The van der Waals surface area contributed by atoms with Crippen molar-refractivity contribution >= 4 is 49.5 Å². The molecule has 0 aromatic carbocycles. The van der Waals surface area contributed by atoms with Crippen LogP contribution in [0.15, 0.2) is 12.5 Å². The molecule has 25 heteroatoms. The molecule has 0 aromatic heterocycles. The highest BCUT2D eigenvalue weighted by Gasteiger charge is 2.26. The van der Waals surface area contributed by atoms with Gasteiger partial charge < -0.3 is 60.4 Å². The highest BCUT2D eigenvalue weighted by atomic mass is 32.2. The second-order valence-corrected chi connectivity index (χ2v) is 13.8. The van der Waals surface area contributed by atoms with Gasteiger partial charge in [0, 0.05) is 80.4 Å². The fourth-order valence-electron chi connectivity index (χ4n) is 3.45. The first-order chi connectivity index (χ1) is 28.8. The maximum Gasteiger partial charge on any atom is 0.405 e. The number of halogens is 4. The number of alkyl halides is 4. The number of ether oxygens (including phenoxy) is 3. The Labute approximate surface area is 398 Å². The third kappa shape index (κ3) is 74.2. The quantitative estimate of drug-likeness (QED) is 0.0953. The summed E-state index contributed by atoms with van der Waals surface area (Å²) in [5, 5.41) is 7.33. The summed E-state index contributed by atoms with van der Waals surface area (Å²) in [7, 11) is 9.92. The molecule has 5 fully saturated rings. The van der Waals surface area contributed by atoms with Crippen molar-refractivity contribution in [2.45, 2.75) is 75.7 Å². The molecule has 5 saturated heterocycles. The van der Waals surface area contributed by atoms with Crippen molar-refractivity contribution in [1.29, 1.82) is 0 Å². The van der Waals surface area contributed by atoms with E-state index in [0.717, 1.165) is 97.1 Å². The van der Waals surface area contributed by atoms with E-state index < -0.39 is 30.0 Å². The molecule has 5 aliphatic heterocycles. The molecular weight excluding hydrogens is 903 g/mol. The van der Waals surface area contributed by atoms with E-state index >= 15 is 0 Å². The number of methoxy groups -OCH3 is 2. The normalized spacial score (nSPS) is 14.5. The lowest BCUT2D eigenvalue weighted by molar-refractivity contribution is -0.132. The Morgan fingerprint density at radius 3 is 1.33 bits per heavy atom. The van der Waals surface area contributed by atoms with E-state index in [1.165, 1.54) is 47.7 Å². The maximum atomic E-state index is 11.8. The van der Waals surface area contributed by atoms with E-state index in [-0.39, 0.29) is 43.5 Å². The molecule has 0 bridgehead atoms. The fourth-order valence-corrected chi connectivity index (χ4v) is 3.45. The minimum absolute atomic E-state index is 0. The predicted octanol–water partition coefficient (Wildman–Crippen LogP) is 2.56. The van der Waals surface area contributed by atoms with Gasteiger partial charge in [0.25, 0.3) is 0 Å². The summed E-state index contributed by atoms with van der Waals surface area (Å²) in [4.78, 5) is 66.0. The van der Waals surface area contributed by atoms with E-state index in [0.29, 0.717) is 32.1 Å². The van der Waals surface area contributed by atoms with Crippen LogP contribution in [0, 0.1) is 5.92 Å². The average Bonchev–Trinajstić information content (AvgIpc) is 3.92. The van der Waals surface area contributed by atoms with Crippen LogP contribution < -0.4 is 21.7 Å². The summed E-state index contributed by atoms with van der Waals surface area (Å²) in [6, 6.07) is 0. The highest BCUT2D eigenvalue weighted by Crippen LogP contribution is 2.11. The molecule has 0 saturated carbocycles. The van der Waals surface area contributed by atoms with Gasteiger partial charge in [0.15, 0.2) is 17.0 Å². The highest BCUT2D eigenvalue weighted by molar-refractivity contribution is 7.79. The van der Waals surface area contributed by atoms with Gasteiger partial charge in [-0.05, 0) is 38.8 Å². The van der Waals surface area contributed by atoms with Crippen LogP contribution in [0.3, 0.4) is 0 Å². The van der Waals surface area contributed by atoms with Gasteiger partial charge >= 0.3 is 6.18 Å². The van der Waals surface area contributed by atoms with E-state index in [1.54, 1.807) is 43.0 Å². The second kappa shape index (κ2) is 62.9. The minimum atomic E-state index is -4.29. The molecule has 1 unspecified atom stereocenters. The van der Waals surface area contributed by atoms with Gasteiger partial charge in [0.2, 0.25) is 38.5 Å². The molecule has 20 nitrogen and oxygen atoms in total. The first-order valence-electron chi connectivity index (χ1n) is 18.9. The van der Waals surface area contributed by atoms with Crippen LogP contribution >= 0.6 is 0 Å². The van der Waals surface area contributed by atoms with Gasteiger partial charge in [-0.2, -0.15) is 13.2 Å². The zero-order valence-corrected chi connectivity index (χ0v) is 37.9. The second-order valence-electron chi connectivity index (χ2n) is 12.7. The Balaban J connectivity index is -0.0000000658. The maximum absolute atomic E-state index is 11.8. The number of nitrogens with one attached hydrogen (secondary N) is 3. The Bertz CT molecular complexity index is 1040. The first kappa shape index (κ1) is 85.2. The predicted molar refractivity (Wildman–Crippen MR) is 258 cm³/mol. The summed E-state index contributed by atoms with van der Waals surface area (Å²) in [5.74, 6) is 1.44. The summed E-state index contributed by atoms with van der Waals surface area (Å²) in [5.41, 5.74) is 4.81. The standard InChI is InChI=1S/2C5H9NO.C4H6FNO.2C4H7NO.C4H11NO.C3H4F3NO.C3H7NO.C2H7NO.C2H6O2S.5CH4/c1-5-2-6(3-5)4-7;7-5-6-3-1-2-4-6;5-4-1-6(2-4)3-7;1-4-5-2-3-6-4;6-4-5-2-1-3-5;1-5-3-4-6-2;4-3(5,6)1-7-2-8;1-4(2)3-5;1-4-2-3;1-4-5(2)3;;;;;/h4-5H,2-3H2,1H3;5H,1-4H2;3-4H,1-2H2;5H,1-3H2;4H,1-3H2;5H,3-4H2,1-2H3;2H,1H2,(H,7,8);3H,1-2H3;2-3H2,1H3;1-2H3;5*1H4. The third-order valence-electron chi connectivity index (χ3n) is 6.84. The molecule has 1 atom stereocenters. The van der Waals surface area contributed by atoms with Crippen molar-refractivity contribution in [2.24, 2.45) is 11.7 Å². The molecule has 0 spiro atoms. The van der Waals surface area contributed by atoms with Crippen molar-refractivity contribution in [3.8, 4) is 0 Å². The molecule has 402 valence electrons. The van der Waals surface area contributed by atoms with Crippen LogP contribution in [0.4, 0.5) is 17.6 Å². The van der Waals surface area contributed by atoms with Crippen LogP contribution in [-0.2, 0) is 58.2 Å². The lowest BCUT2D eigenvalue weighted by Crippen LogP contribution is -2.47. The lowest BCUT2D eigenvalue weighted by atomic mass is 10.1. The molecule has 0 radical (unpaired) electrons. The molecule has 0 aliphatic carbocycles. The largest absolute Gasteiger partial charge is 0.478 e. The Hall–Kier alpha value is -4.17. The number of nitrogens with two attached hydrogens (primary N) is 1. The Morgan fingerprint density at radius 2 is 1.23 bits per heavy atom. The van der Waals surface area contributed by atoms with Crippen LogP contribution in [0.25, 0.3) is 0 Å². The summed E-state index contributed by atoms with van der Waals surface area (Å²) in [6.07, 6.45) is 4.14. The van der Waals surface area contributed by atoms with Crippen molar-refractivity contribution in [3.05, 3.63) is 12.5 Å². The molecule has 5 heterocycles. The van der Waals surface area contributed by atoms with Crippen LogP contribution in [0.5, 0.6) is 0 Å². The molecule has 5 rings (SSSR count). The molecule has 5 aliphatic rings. The monoisotopic (exact) mass is 996 g/mol. The minimum Gasteiger partial charge on any atom is -0.478 e. The number of likely N-dealkylation sites (N-methyl/N-ethyl adjacent to an activating group) is 1. The van der Waals surface area contributed by atoms with Crippen molar-refractivity contribution < 1.29 is 68.9 Å². The number of hydrogen-bond acceptors (Lipinski definition) is 14. The van der Waals surface area contributed by atoms with Crippen molar-refractivity contribution in [1.82, 2.24) is 40.4 Å². The van der Waals surface area contributed by atoms with Crippen LogP contribution in [-0.4, -0.2) is 220 Å². The van der Waals surface area contributed by atoms with E-state index in [1.807, 2.05) is 7.05 Å². The summed E-state index contributed by atoms with van der Waals surface area (Å²) in [6.45, 7) is 14.6. The van der Waals surface area contributed by atoms with Gasteiger partial charge in [-0.25, -0.2) is 8.60 Å². The van der Waals surface area contributed by atoms with Crippen molar-refractivity contribution in [2.75, 3.05) is 141 Å². The first-order valence-corrected chi connectivity index (χ1v) is 20.4. The molecule has 0 aromatic rings. The summed E-state index contributed by atoms with van der Waals surface area (Å²) < 4.78 is 72.6. The lowest BCUT2D eigenvalue weighted by Gasteiger charge is -2.33. The zero-order valence-electron chi connectivity index (χ0n) is 37.1. The van der Waals surface area contributed by atoms with E-state index in [9.17, 15) is 50.5 Å². The Morgan fingerprint density at radius 1 is 0.833 bits per heavy atom. The van der Waals surface area contributed by atoms with Gasteiger partial charge in [-0.15, -0.1) is 0 Å². The number of rotatable bonds is 12. The number of nitrogens with zero attached hydrogens (tertiary/aromatic N) is 5. The smallest absolute Gasteiger partial charge is 0.405 e. The number of amides is 6. The van der Waals surface area contributed by atoms with Gasteiger partial charge in [0.05, 0.1) is 40.1 Å². The molecule has 66 heavy (non-hydrogen) atoms. The van der Waals surface area contributed by atoms with E-state index in [4.69, 9.17) is 15.2 Å². The van der Waals surface area contributed by atoms with Crippen LogP contribution in [0.2, 0.25) is 0 Å².